The monoisotopic (exact) mass is 1430 g/mol. The minimum Gasteiger partial charge on any atom is -0.394 e. The number of aliphatic hydroxyl groups excluding tert-OH is 8. The summed E-state index contributed by atoms with van der Waals surface area (Å²) < 4.78 is 22.9. The molecule has 2 heterocycles. The predicted molar refractivity (Wildman–Crippen MR) is 420 cm³/mol. The standard InChI is InChI=1S/C87H159NO13/c1-3-5-7-9-11-13-15-17-19-21-23-25-27-29-31-33-35-36-37-38-39-40-41-43-45-47-49-51-53-55-57-59-61-63-65-67-69-71-79(92)88-75(74-98-86-84(97)82(95)85(78(73-90)100-86)101-87-83(96)81(94)80(93)77(72-89)99-87)76(91)70-68-66-64-62-60-58-56-54-52-50-48-46-44-42-34-32-30-28-26-24-22-20-18-16-14-12-10-8-6-4-2/h15,17,21,23,27,29,52,54,60,62,68,70,75-78,80-87,89-91,93-97H,3-14,16,18-20,22,24-26,28,30-51,53,55-59,61,63-67,69,71-74H2,1-2H3,(H,88,92)/b17-15-,23-21-,29-27-,54-52+,62-60+,70-68+. The molecule has 590 valence electrons. The van der Waals surface area contributed by atoms with Crippen molar-refractivity contribution >= 4 is 5.91 Å². The van der Waals surface area contributed by atoms with Gasteiger partial charge >= 0.3 is 0 Å². The van der Waals surface area contributed by atoms with Crippen LogP contribution in [0.4, 0.5) is 0 Å². The molecule has 101 heavy (non-hydrogen) atoms. The maximum Gasteiger partial charge on any atom is 0.220 e. The van der Waals surface area contributed by atoms with Crippen LogP contribution in [0, 0.1) is 0 Å². The first-order chi connectivity index (χ1) is 49.6. The first kappa shape index (κ1) is 94.5. The molecule has 14 heteroatoms. The number of carbonyl (C=O) groups is 1. The van der Waals surface area contributed by atoms with E-state index in [1.807, 2.05) is 6.08 Å². The second-order valence-corrected chi connectivity index (χ2v) is 29.9. The van der Waals surface area contributed by atoms with Gasteiger partial charge < -0.3 is 65.1 Å². The quantitative estimate of drug-likeness (QED) is 0.0204. The van der Waals surface area contributed by atoms with Gasteiger partial charge in [0.1, 0.15) is 48.8 Å². The first-order valence-corrected chi connectivity index (χ1v) is 42.7. The van der Waals surface area contributed by atoms with E-state index in [4.69, 9.17) is 18.9 Å². The van der Waals surface area contributed by atoms with Crippen molar-refractivity contribution in [3.05, 3.63) is 72.9 Å². The minimum atomic E-state index is -1.80. The molecule has 12 unspecified atom stereocenters. The summed E-state index contributed by atoms with van der Waals surface area (Å²) in [6.07, 6.45) is 81.5. The Morgan fingerprint density at radius 3 is 1.04 bits per heavy atom. The lowest BCUT2D eigenvalue weighted by atomic mass is 9.97. The van der Waals surface area contributed by atoms with Crippen molar-refractivity contribution in [2.75, 3.05) is 19.8 Å². The summed E-state index contributed by atoms with van der Waals surface area (Å²) in [4.78, 5) is 13.4. The highest BCUT2D eigenvalue weighted by atomic mass is 16.7. The molecule has 2 rings (SSSR count). The summed E-state index contributed by atoms with van der Waals surface area (Å²) in [5.41, 5.74) is 0. The summed E-state index contributed by atoms with van der Waals surface area (Å²) >= 11 is 0. The molecule has 0 aromatic carbocycles. The van der Waals surface area contributed by atoms with E-state index in [-0.39, 0.29) is 18.9 Å². The molecule has 2 saturated heterocycles. The number of hydrogen-bond acceptors (Lipinski definition) is 13. The highest BCUT2D eigenvalue weighted by Crippen LogP contribution is 2.30. The molecule has 2 aliphatic rings. The van der Waals surface area contributed by atoms with Gasteiger partial charge in [-0.2, -0.15) is 0 Å². The van der Waals surface area contributed by atoms with Crippen LogP contribution in [-0.2, 0) is 23.7 Å². The van der Waals surface area contributed by atoms with Crippen LogP contribution in [0.2, 0.25) is 0 Å². The molecule has 0 aromatic heterocycles. The van der Waals surface area contributed by atoms with Crippen molar-refractivity contribution in [2.45, 2.75) is 453 Å². The molecule has 0 aliphatic carbocycles. The van der Waals surface area contributed by atoms with Gasteiger partial charge in [-0.25, -0.2) is 0 Å². The molecule has 12 atom stereocenters. The highest BCUT2D eigenvalue weighted by molar-refractivity contribution is 5.76. The highest BCUT2D eigenvalue weighted by Gasteiger charge is 2.51. The van der Waals surface area contributed by atoms with Crippen LogP contribution in [-0.4, -0.2) is 140 Å². The molecule has 2 aliphatic heterocycles. The lowest BCUT2D eigenvalue weighted by Crippen LogP contribution is -2.65. The molecule has 1 amide bonds. The fourth-order valence-electron chi connectivity index (χ4n) is 13.9. The zero-order valence-electron chi connectivity index (χ0n) is 64.9. The summed E-state index contributed by atoms with van der Waals surface area (Å²) in [5.74, 6) is -0.248. The minimum absolute atomic E-state index is 0.248. The van der Waals surface area contributed by atoms with E-state index in [9.17, 15) is 45.6 Å². The molecule has 0 bridgehead atoms. The van der Waals surface area contributed by atoms with Crippen LogP contribution in [0.3, 0.4) is 0 Å². The van der Waals surface area contributed by atoms with Gasteiger partial charge in [-0.15, -0.1) is 0 Å². The second-order valence-electron chi connectivity index (χ2n) is 29.9. The number of unbranched alkanes of at least 4 members (excludes halogenated alkanes) is 49. The van der Waals surface area contributed by atoms with Gasteiger partial charge in [0.15, 0.2) is 12.6 Å². The number of allylic oxidation sites excluding steroid dienone is 11. The Hall–Kier alpha value is -2.57. The number of aliphatic hydroxyl groups is 8. The van der Waals surface area contributed by atoms with Gasteiger partial charge in [0, 0.05) is 6.42 Å². The molecular formula is C87H159NO13. The zero-order valence-corrected chi connectivity index (χ0v) is 64.9. The zero-order chi connectivity index (χ0) is 73.0. The van der Waals surface area contributed by atoms with Gasteiger partial charge in [0.25, 0.3) is 0 Å². The number of ether oxygens (including phenoxy) is 4. The Bertz CT molecular complexity index is 1980. The molecule has 0 saturated carbocycles. The van der Waals surface area contributed by atoms with E-state index in [1.165, 1.54) is 289 Å². The summed E-state index contributed by atoms with van der Waals surface area (Å²) in [5, 5.41) is 87.7. The van der Waals surface area contributed by atoms with Crippen LogP contribution in [0.15, 0.2) is 72.9 Å². The second kappa shape index (κ2) is 70.4. The van der Waals surface area contributed by atoms with E-state index in [2.05, 4.69) is 79.9 Å². The topological polar surface area (TPSA) is 228 Å². The van der Waals surface area contributed by atoms with E-state index >= 15 is 0 Å². The average molecular weight is 1430 g/mol. The first-order valence-electron chi connectivity index (χ1n) is 42.7. The van der Waals surface area contributed by atoms with Crippen molar-refractivity contribution in [1.82, 2.24) is 5.32 Å². The summed E-state index contributed by atoms with van der Waals surface area (Å²) in [7, 11) is 0. The van der Waals surface area contributed by atoms with Gasteiger partial charge in [-0.1, -0.05) is 363 Å². The number of rotatable bonds is 72. The van der Waals surface area contributed by atoms with E-state index in [0.29, 0.717) is 12.8 Å². The van der Waals surface area contributed by atoms with Gasteiger partial charge in [0.05, 0.1) is 32.0 Å². The molecule has 0 radical (unpaired) electrons. The third-order valence-corrected chi connectivity index (χ3v) is 20.6. The van der Waals surface area contributed by atoms with Crippen molar-refractivity contribution in [1.29, 1.82) is 0 Å². The Morgan fingerprint density at radius 2 is 0.663 bits per heavy atom. The maximum atomic E-state index is 13.4. The Morgan fingerprint density at radius 1 is 0.356 bits per heavy atom. The summed E-state index contributed by atoms with van der Waals surface area (Å²) in [6.45, 7) is 2.82. The van der Waals surface area contributed by atoms with Gasteiger partial charge in [-0.3, -0.25) is 4.79 Å². The Labute approximate surface area is 618 Å². The molecule has 2 fully saturated rings. The van der Waals surface area contributed by atoms with Crippen molar-refractivity contribution < 1.29 is 64.6 Å². The smallest absolute Gasteiger partial charge is 0.220 e. The summed E-state index contributed by atoms with van der Waals surface area (Å²) in [6, 6.07) is -0.942. The average Bonchev–Trinajstić information content (AvgIpc) is 0.792. The molecule has 0 aromatic rings. The van der Waals surface area contributed by atoms with Crippen LogP contribution in [0.25, 0.3) is 0 Å². The largest absolute Gasteiger partial charge is 0.394 e. The van der Waals surface area contributed by atoms with Gasteiger partial charge in [0.2, 0.25) is 5.91 Å². The third-order valence-electron chi connectivity index (χ3n) is 20.6. The number of nitrogens with one attached hydrogen (secondary N) is 1. The van der Waals surface area contributed by atoms with Gasteiger partial charge in [-0.05, 0) is 83.5 Å². The molecule has 9 N–H and O–H groups in total. The number of hydrogen-bond donors (Lipinski definition) is 9. The SMILES string of the molecule is CCCCCCC/C=C\C/C=C\C/C=C\CCCCCCCCCCCCCCCCCCCCCCCCC(=O)NC(COC1OC(CO)C(OC2OC(CO)C(O)C(O)C2O)C(O)C1O)C(O)/C=C/CC/C=C/CC/C=C/CCCCCCCCCCCCCCCCCCCCCC. The predicted octanol–water partition coefficient (Wildman–Crippen LogP) is 20.1. The normalized spacial score (nSPS) is 22.1. The number of carbonyl (C=O) groups excluding carboxylic acids is 1. The van der Waals surface area contributed by atoms with E-state index in [0.717, 1.165) is 57.8 Å². The van der Waals surface area contributed by atoms with Crippen LogP contribution in [0.5, 0.6) is 0 Å². The molecular weight excluding hydrogens is 1270 g/mol. The molecule has 0 spiro atoms. The number of amides is 1. The van der Waals surface area contributed by atoms with Crippen LogP contribution < -0.4 is 5.32 Å². The third kappa shape index (κ3) is 53.0. The van der Waals surface area contributed by atoms with Crippen molar-refractivity contribution in [2.24, 2.45) is 0 Å². The fraction of sp³-hybridized carbons (Fsp3) is 0.851. The van der Waals surface area contributed by atoms with Crippen molar-refractivity contribution in [3.63, 3.8) is 0 Å². The lowest BCUT2D eigenvalue weighted by molar-refractivity contribution is -0.359. The van der Waals surface area contributed by atoms with E-state index in [1.54, 1.807) is 6.08 Å². The Kier molecular flexibility index (Phi) is 65.9. The fourth-order valence-corrected chi connectivity index (χ4v) is 13.9. The van der Waals surface area contributed by atoms with Crippen LogP contribution >= 0.6 is 0 Å². The van der Waals surface area contributed by atoms with Crippen molar-refractivity contribution in [3.8, 4) is 0 Å². The lowest BCUT2D eigenvalue weighted by Gasteiger charge is -2.46. The Balaban J connectivity index is 1.60. The van der Waals surface area contributed by atoms with Crippen LogP contribution in [0.1, 0.15) is 380 Å². The van der Waals surface area contributed by atoms with E-state index < -0.39 is 86.8 Å². The maximum absolute atomic E-state index is 13.4. The molecule has 14 nitrogen and oxygen atoms in total.